The lowest BCUT2D eigenvalue weighted by Crippen LogP contribution is -2.18. The molecule has 1 amide bonds. The quantitative estimate of drug-likeness (QED) is 0.516. The van der Waals surface area contributed by atoms with Crippen LogP contribution in [-0.4, -0.2) is 34.5 Å². The SMILES string of the molecule is CCOC(=O)c1c(SC)nn(-c2ccccc2)c1NC(=O)c1ccccc1. The van der Waals surface area contributed by atoms with Gasteiger partial charge < -0.3 is 10.1 Å². The molecule has 0 fully saturated rings. The minimum absolute atomic E-state index is 0.231. The van der Waals surface area contributed by atoms with E-state index in [9.17, 15) is 9.59 Å². The molecule has 0 spiro atoms. The van der Waals surface area contributed by atoms with E-state index < -0.39 is 5.97 Å². The van der Waals surface area contributed by atoms with Gasteiger partial charge in [-0.25, -0.2) is 9.48 Å². The Hall–Kier alpha value is -3.06. The summed E-state index contributed by atoms with van der Waals surface area (Å²) in [5, 5.41) is 7.84. The number of esters is 1. The van der Waals surface area contributed by atoms with E-state index in [4.69, 9.17) is 4.74 Å². The Labute approximate surface area is 161 Å². The van der Waals surface area contributed by atoms with Gasteiger partial charge in [0.25, 0.3) is 5.91 Å². The number of ether oxygens (including phenoxy) is 1. The van der Waals surface area contributed by atoms with Crippen molar-refractivity contribution in [1.29, 1.82) is 0 Å². The lowest BCUT2D eigenvalue weighted by molar-refractivity contribution is 0.0523. The van der Waals surface area contributed by atoms with Crippen molar-refractivity contribution < 1.29 is 14.3 Å². The molecular formula is C20H19N3O3S. The smallest absolute Gasteiger partial charge is 0.344 e. The Morgan fingerprint density at radius 1 is 1.07 bits per heavy atom. The van der Waals surface area contributed by atoms with E-state index in [-0.39, 0.29) is 23.9 Å². The van der Waals surface area contributed by atoms with Crippen molar-refractivity contribution in [1.82, 2.24) is 9.78 Å². The van der Waals surface area contributed by atoms with Crippen LogP contribution in [0.15, 0.2) is 65.7 Å². The third-order valence-electron chi connectivity index (χ3n) is 3.79. The van der Waals surface area contributed by atoms with Crippen molar-refractivity contribution >= 4 is 29.5 Å². The Balaban J connectivity index is 2.11. The van der Waals surface area contributed by atoms with Crippen LogP contribution in [0.25, 0.3) is 5.69 Å². The first-order valence-electron chi connectivity index (χ1n) is 8.41. The van der Waals surface area contributed by atoms with Crippen LogP contribution >= 0.6 is 11.8 Å². The number of thioether (sulfide) groups is 1. The molecule has 1 aromatic heterocycles. The first kappa shape index (κ1) is 18.7. The molecule has 0 unspecified atom stereocenters. The summed E-state index contributed by atoms with van der Waals surface area (Å²) in [7, 11) is 0. The molecular weight excluding hydrogens is 362 g/mol. The number of para-hydroxylation sites is 1. The number of rotatable bonds is 6. The van der Waals surface area contributed by atoms with Crippen LogP contribution in [0.4, 0.5) is 5.82 Å². The Morgan fingerprint density at radius 3 is 2.30 bits per heavy atom. The normalized spacial score (nSPS) is 10.4. The molecule has 3 aromatic rings. The molecule has 0 atom stereocenters. The highest BCUT2D eigenvalue weighted by atomic mass is 32.2. The van der Waals surface area contributed by atoms with Gasteiger partial charge in [-0.3, -0.25) is 4.79 Å². The first-order chi connectivity index (χ1) is 13.2. The van der Waals surface area contributed by atoms with Crippen molar-refractivity contribution in [3.63, 3.8) is 0 Å². The molecule has 0 radical (unpaired) electrons. The molecule has 0 bridgehead atoms. The van der Waals surface area contributed by atoms with Crippen molar-refractivity contribution in [3.8, 4) is 5.69 Å². The predicted octanol–water partition coefficient (Wildman–Crippen LogP) is 4.02. The highest BCUT2D eigenvalue weighted by molar-refractivity contribution is 7.98. The zero-order chi connectivity index (χ0) is 19.2. The summed E-state index contributed by atoms with van der Waals surface area (Å²) in [6.45, 7) is 1.97. The summed E-state index contributed by atoms with van der Waals surface area (Å²) in [5.74, 6) is -0.559. The lowest BCUT2D eigenvalue weighted by Gasteiger charge is -2.11. The van der Waals surface area contributed by atoms with Crippen molar-refractivity contribution in [2.45, 2.75) is 11.9 Å². The summed E-state index contributed by atoms with van der Waals surface area (Å²) in [6.07, 6.45) is 1.82. The van der Waals surface area contributed by atoms with Gasteiger partial charge >= 0.3 is 5.97 Å². The second kappa shape index (κ2) is 8.55. The fourth-order valence-electron chi connectivity index (χ4n) is 2.57. The zero-order valence-corrected chi connectivity index (χ0v) is 15.8. The number of carbonyl (C=O) groups is 2. The van der Waals surface area contributed by atoms with Gasteiger partial charge in [0.05, 0.1) is 12.3 Å². The van der Waals surface area contributed by atoms with Crippen LogP contribution in [0, 0.1) is 0 Å². The second-order valence-electron chi connectivity index (χ2n) is 5.52. The van der Waals surface area contributed by atoms with Gasteiger partial charge in [-0.05, 0) is 37.4 Å². The minimum atomic E-state index is -0.521. The summed E-state index contributed by atoms with van der Waals surface area (Å²) in [4.78, 5) is 25.3. The Kier molecular flexibility index (Phi) is 5.93. The van der Waals surface area contributed by atoms with Gasteiger partial charge in [0.15, 0.2) is 5.82 Å². The largest absolute Gasteiger partial charge is 0.462 e. The molecule has 138 valence electrons. The van der Waals surface area contributed by atoms with Crippen LogP contribution in [0.1, 0.15) is 27.6 Å². The second-order valence-corrected chi connectivity index (χ2v) is 6.32. The Morgan fingerprint density at radius 2 is 1.70 bits per heavy atom. The molecule has 1 heterocycles. The van der Waals surface area contributed by atoms with Crippen LogP contribution in [0.5, 0.6) is 0 Å². The van der Waals surface area contributed by atoms with Gasteiger partial charge in [0, 0.05) is 5.56 Å². The van der Waals surface area contributed by atoms with Crippen LogP contribution in [0.2, 0.25) is 0 Å². The van der Waals surface area contributed by atoms with Gasteiger partial charge in [0.1, 0.15) is 10.6 Å². The van der Waals surface area contributed by atoms with Gasteiger partial charge in [0.2, 0.25) is 0 Å². The number of hydrogen-bond donors (Lipinski definition) is 1. The molecule has 0 saturated heterocycles. The maximum Gasteiger partial charge on any atom is 0.344 e. The van der Waals surface area contributed by atoms with Crippen molar-refractivity contribution in [2.24, 2.45) is 0 Å². The van der Waals surface area contributed by atoms with E-state index >= 15 is 0 Å². The maximum absolute atomic E-state index is 12.7. The van der Waals surface area contributed by atoms with Crippen molar-refractivity contribution in [2.75, 3.05) is 18.2 Å². The molecule has 1 N–H and O–H groups in total. The van der Waals surface area contributed by atoms with E-state index in [0.29, 0.717) is 10.6 Å². The number of anilines is 1. The maximum atomic E-state index is 12.7. The van der Waals surface area contributed by atoms with E-state index in [1.807, 2.05) is 42.7 Å². The van der Waals surface area contributed by atoms with Crippen LogP contribution < -0.4 is 5.32 Å². The molecule has 0 aliphatic carbocycles. The molecule has 2 aromatic carbocycles. The first-order valence-corrected chi connectivity index (χ1v) is 9.64. The van der Waals surface area contributed by atoms with Crippen LogP contribution in [0.3, 0.4) is 0 Å². The van der Waals surface area contributed by atoms with Crippen molar-refractivity contribution in [3.05, 3.63) is 71.8 Å². The number of amides is 1. The van der Waals surface area contributed by atoms with E-state index in [1.54, 1.807) is 35.9 Å². The summed E-state index contributed by atoms with van der Waals surface area (Å²) < 4.78 is 6.75. The summed E-state index contributed by atoms with van der Waals surface area (Å²) >= 11 is 1.32. The molecule has 27 heavy (non-hydrogen) atoms. The number of carbonyl (C=O) groups excluding carboxylic acids is 2. The number of nitrogens with one attached hydrogen (secondary N) is 1. The molecule has 6 nitrogen and oxygen atoms in total. The number of nitrogens with zero attached hydrogens (tertiary/aromatic N) is 2. The highest BCUT2D eigenvalue weighted by Crippen LogP contribution is 2.30. The zero-order valence-electron chi connectivity index (χ0n) is 15.0. The third-order valence-corrected chi connectivity index (χ3v) is 4.47. The van der Waals surface area contributed by atoms with E-state index in [2.05, 4.69) is 10.4 Å². The molecule has 7 heteroatoms. The van der Waals surface area contributed by atoms with Gasteiger partial charge in [-0.2, -0.15) is 5.10 Å². The third kappa shape index (κ3) is 4.03. The minimum Gasteiger partial charge on any atom is -0.462 e. The average molecular weight is 381 g/mol. The monoisotopic (exact) mass is 381 g/mol. The lowest BCUT2D eigenvalue weighted by atomic mass is 10.2. The fourth-order valence-corrected chi connectivity index (χ4v) is 3.12. The highest BCUT2D eigenvalue weighted by Gasteiger charge is 2.27. The standard InChI is InChI=1S/C20H19N3O3S/c1-3-26-20(25)16-17(21-18(24)14-10-6-4-7-11-14)23(22-19(16)27-2)15-12-8-5-9-13-15/h4-13H,3H2,1-2H3,(H,21,24). The Bertz CT molecular complexity index is 940. The fraction of sp³-hybridized carbons (Fsp3) is 0.150. The molecule has 0 aliphatic heterocycles. The van der Waals surface area contributed by atoms with E-state index in [1.165, 1.54) is 11.8 Å². The summed E-state index contributed by atoms with van der Waals surface area (Å²) in [6, 6.07) is 18.1. The van der Waals surface area contributed by atoms with Gasteiger partial charge in [-0.15, -0.1) is 11.8 Å². The average Bonchev–Trinajstić information content (AvgIpc) is 3.08. The molecule has 0 aliphatic rings. The molecule has 0 saturated carbocycles. The predicted molar refractivity (Wildman–Crippen MR) is 106 cm³/mol. The number of hydrogen-bond acceptors (Lipinski definition) is 5. The van der Waals surface area contributed by atoms with E-state index in [0.717, 1.165) is 5.69 Å². The number of aromatic nitrogens is 2. The summed E-state index contributed by atoms with van der Waals surface area (Å²) in [5.41, 5.74) is 1.46. The van der Waals surface area contributed by atoms with Crippen LogP contribution in [-0.2, 0) is 4.74 Å². The topological polar surface area (TPSA) is 73.2 Å². The molecule has 3 rings (SSSR count). The number of benzene rings is 2. The van der Waals surface area contributed by atoms with Gasteiger partial charge in [-0.1, -0.05) is 36.4 Å².